The highest BCUT2D eigenvalue weighted by atomic mass is 16.1. The predicted octanol–water partition coefficient (Wildman–Crippen LogP) is 2.93. The van der Waals surface area contributed by atoms with Crippen LogP contribution in [0.1, 0.15) is 24.2 Å². The maximum absolute atomic E-state index is 12.6. The van der Waals surface area contributed by atoms with Gasteiger partial charge in [-0.25, -0.2) is 9.97 Å². The average Bonchev–Trinajstić information content (AvgIpc) is 3.50. The number of benzene rings is 1. The Balaban J connectivity index is 1.49. The number of hydrogen-bond donors (Lipinski definition) is 3. The molecule has 0 saturated heterocycles. The molecule has 0 radical (unpaired) electrons. The molecule has 3 aromatic heterocycles. The molecular weight excluding hydrogens is 392 g/mol. The zero-order chi connectivity index (χ0) is 21.6. The highest BCUT2D eigenvalue weighted by Crippen LogP contribution is 2.24. The average molecular weight is 419 g/mol. The Morgan fingerprint density at radius 1 is 1.19 bits per heavy atom. The minimum atomic E-state index is -0.0926. The van der Waals surface area contributed by atoms with Gasteiger partial charge in [-0.3, -0.25) is 14.3 Å². The molecule has 1 aromatic carbocycles. The molecule has 0 spiro atoms. The number of fused-ring (bicyclic) bond motifs is 1. The van der Waals surface area contributed by atoms with Crippen molar-refractivity contribution in [1.82, 2.24) is 34.8 Å². The number of aromatic amines is 1. The first-order valence-electron chi connectivity index (χ1n) is 10.4. The number of aromatic nitrogens is 5. The fraction of sp³-hybridized carbons (Fsp3) is 0.273. The molecule has 0 aliphatic heterocycles. The van der Waals surface area contributed by atoms with Crippen LogP contribution in [0.5, 0.6) is 0 Å². The molecule has 0 bridgehead atoms. The summed E-state index contributed by atoms with van der Waals surface area (Å²) in [6.07, 6.45) is 8.93. The van der Waals surface area contributed by atoms with E-state index in [1.807, 2.05) is 35.0 Å². The van der Waals surface area contributed by atoms with E-state index in [4.69, 9.17) is 0 Å². The van der Waals surface area contributed by atoms with Crippen molar-refractivity contribution in [3.63, 3.8) is 0 Å². The number of carbonyl (C=O) groups is 1. The molecule has 0 fully saturated rings. The van der Waals surface area contributed by atoms with E-state index < -0.39 is 0 Å². The molecule has 9 nitrogen and oxygen atoms in total. The van der Waals surface area contributed by atoms with Crippen LogP contribution < -0.4 is 10.6 Å². The fourth-order valence-electron chi connectivity index (χ4n) is 3.46. The van der Waals surface area contributed by atoms with Gasteiger partial charge in [0.25, 0.3) is 5.91 Å². The lowest BCUT2D eigenvalue weighted by molar-refractivity contribution is 0.0949. The first kappa shape index (κ1) is 20.5. The van der Waals surface area contributed by atoms with Crippen LogP contribution in [-0.4, -0.2) is 61.6 Å². The summed E-state index contributed by atoms with van der Waals surface area (Å²) >= 11 is 0. The summed E-state index contributed by atoms with van der Waals surface area (Å²) in [7, 11) is 0. The van der Waals surface area contributed by atoms with Crippen molar-refractivity contribution in [2.24, 2.45) is 0 Å². The number of likely N-dealkylation sites (N-methyl/N-ethyl adjacent to an activating group) is 1. The Labute approximate surface area is 180 Å². The summed E-state index contributed by atoms with van der Waals surface area (Å²) < 4.78 is 1.95. The Morgan fingerprint density at radius 2 is 2.06 bits per heavy atom. The van der Waals surface area contributed by atoms with Gasteiger partial charge in [-0.05, 0) is 31.3 Å². The summed E-state index contributed by atoms with van der Waals surface area (Å²) in [4.78, 5) is 23.8. The normalized spacial score (nSPS) is 11.2. The maximum Gasteiger partial charge on any atom is 0.251 e. The van der Waals surface area contributed by atoms with Gasteiger partial charge in [0, 0.05) is 48.5 Å². The summed E-state index contributed by atoms with van der Waals surface area (Å²) in [6.45, 7) is 7.63. The van der Waals surface area contributed by atoms with Crippen molar-refractivity contribution in [1.29, 1.82) is 0 Å². The topological polar surface area (TPSA) is 103 Å². The Hall–Kier alpha value is -3.72. The molecule has 0 atom stereocenters. The molecule has 3 N–H and O–H groups in total. The van der Waals surface area contributed by atoms with Gasteiger partial charge in [-0.15, -0.1) is 0 Å². The molecule has 0 aliphatic carbocycles. The van der Waals surface area contributed by atoms with Crippen LogP contribution in [0.2, 0.25) is 0 Å². The smallest absolute Gasteiger partial charge is 0.251 e. The largest absolute Gasteiger partial charge is 0.351 e. The van der Waals surface area contributed by atoms with Gasteiger partial charge in [-0.1, -0.05) is 19.9 Å². The zero-order valence-electron chi connectivity index (χ0n) is 17.7. The Morgan fingerprint density at radius 3 is 2.84 bits per heavy atom. The number of carbonyl (C=O) groups excluding carboxylic acids is 1. The molecule has 3 heterocycles. The predicted molar refractivity (Wildman–Crippen MR) is 120 cm³/mol. The molecule has 31 heavy (non-hydrogen) atoms. The van der Waals surface area contributed by atoms with Crippen molar-refractivity contribution in [3.05, 3.63) is 60.8 Å². The monoisotopic (exact) mass is 418 g/mol. The molecule has 1 amide bonds. The number of nitrogens with zero attached hydrogens (tertiary/aromatic N) is 5. The van der Waals surface area contributed by atoms with Gasteiger partial charge in [0.1, 0.15) is 0 Å². The molecule has 9 heteroatoms. The van der Waals surface area contributed by atoms with Crippen LogP contribution in [0.4, 0.5) is 11.5 Å². The summed E-state index contributed by atoms with van der Waals surface area (Å²) in [5.41, 5.74) is 3.86. The number of H-pyrrole nitrogens is 1. The van der Waals surface area contributed by atoms with Crippen LogP contribution in [0.3, 0.4) is 0 Å². The highest BCUT2D eigenvalue weighted by molar-refractivity contribution is 5.95. The molecule has 0 unspecified atom stereocenters. The summed E-state index contributed by atoms with van der Waals surface area (Å²) in [6, 6.07) is 7.37. The van der Waals surface area contributed by atoms with E-state index in [9.17, 15) is 4.79 Å². The first-order chi connectivity index (χ1) is 15.2. The quantitative estimate of drug-likeness (QED) is 0.386. The van der Waals surface area contributed by atoms with Crippen molar-refractivity contribution in [2.75, 3.05) is 31.5 Å². The maximum atomic E-state index is 12.6. The number of imidazole rings is 1. The van der Waals surface area contributed by atoms with E-state index >= 15 is 0 Å². The third-order valence-corrected chi connectivity index (χ3v) is 5.22. The molecule has 4 aromatic rings. The van der Waals surface area contributed by atoms with E-state index in [2.05, 4.69) is 49.5 Å². The van der Waals surface area contributed by atoms with E-state index in [1.54, 1.807) is 24.7 Å². The second kappa shape index (κ2) is 9.40. The number of hydrogen-bond acceptors (Lipinski definition) is 6. The Bertz CT molecular complexity index is 1150. The molecule has 160 valence electrons. The van der Waals surface area contributed by atoms with Gasteiger partial charge in [0.2, 0.25) is 0 Å². The van der Waals surface area contributed by atoms with E-state index in [1.165, 1.54) is 0 Å². The van der Waals surface area contributed by atoms with Crippen molar-refractivity contribution >= 4 is 23.1 Å². The minimum Gasteiger partial charge on any atom is -0.351 e. The SMILES string of the molecule is CCN(CC)CCNC(=O)c1cccc(Nc2ncc(-c3cn[nH]c3)n3ccnc23)c1. The number of nitrogens with one attached hydrogen (secondary N) is 3. The van der Waals surface area contributed by atoms with Crippen molar-refractivity contribution in [3.8, 4) is 11.3 Å². The molecule has 0 saturated carbocycles. The standard InChI is InChI=1S/C22H26N8O/c1-3-29(4-2)10-8-24-22(31)16-6-5-7-18(12-16)28-20-21-23-9-11-30(21)19(15-25-20)17-13-26-27-14-17/h5-7,9,11-15H,3-4,8,10H2,1-2H3,(H,24,31)(H,25,28)(H,26,27). The van der Waals surface area contributed by atoms with Gasteiger partial charge in [0.05, 0.1) is 18.1 Å². The third-order valence-electron chi connectivity index (χ3n) is 5.22. The highest BCUT2D eigenvalue weighted by Gasteiger charge is 2.12. The summed E-state index contributed by atoms with van der Waals surface area (Å²) in [5.74, 6) is 0.515. The first-order valence-corrected chi connectivity index (χ1v) is 10.4. The lowest BCUT2D eigenvalue weighted by Crippen LogP contribution is -2.34. The molecule has 0 aliphatic rings. The van der Waals surface area contributed by atoms with Crippen molar-refractivity contribution in [2.45, 2.75) is 13.8 Å². The lowest BCUT2D eigenvalue weighted by atomic mass is 10.2. The second-order valence-electron chi connectivity index (χ2n) is 7.09. The molecular formula is C22H26N8O. The van der Waals surface area contributed by atoms with Crippen LogP contribution >= 0.6 is 0 Å². The molecule has 4 rings (SSSR count). The van der Waals surface area contributed by atoms with Crippen LogP contribution in [0, 0.1) is 0 Å². The summed E-state index contributed by atoms with van der Waals surface area (Å²) in [5, 5.41) is 13.1. The van der Waals surface area contributed by atoms with Gasteiger partial charge < -0.3 is 15.5 Å². The number of rotatable bonds is 9. The Kier molecular flexibility index (Phi) is 6.23. The van der Waals surface area contributed by atoms with Gasteiger partial charge in [-0.2, -0.15) is 5.10 Å². The van der Waals surface area contributed by atoms with E-state index in [0.717, 1.165) is 36.6 Å². The lowest BCUT2D eigenvalue weighted by Gasteiger charge is -2.18. The minimum absolute atomic E-state index is 0.0926. The van der Waals surface area contributed by atoms with Crippen LogP contribution in [0.25, 0.3) is 16.9 Å². The number of anilines is 2. The fourth-order valence-corrected chi connectivity index (χ4v) is 3.46. The number of amides is 1. The second-order valence-corrected chi connectivity index (χ2v) is 7.09. The third kappa shape index (κ3) is 4.56. The van der Waals surface area contributed by atoms with E-state index in [0.29, 0.717) is 23.6 Å². The van der Waals surface area contributed by atoms with Crippen LogP contribution in [-0.2, 0) is 0 Å². The zero-order valence-corrected chi connectivity index (χ0v) is 17.7. The van der Waals surface area contributed by atoms with Crippen LogP contribution in [0.15, 0.2) is 55.2 Å². The van der Waals surface area contributed by atoms with Gasteiger partial charge >= 0.3 is 0 Å². The van der Waals surface area contributed by atoms with E-state index in [-0.39, 0.29) is 5.91 Å². The van der Waals surface area contributed by atoms with Crippen molar-refractivity contribution < 1.29 is 4.79 Å². The van der Waals surface area contributed by atoms with Gasteiger partial charge in [0.15, 0.2) is 11.5 Å².